The molecule has 16 aromatic rings. The zero-order valence-electron chi connectivity index (χ0n) is 73.7. The third-order valence-electron chi connectivity index (χ3n) is 25.3. The van der Waals surface area contributed by atoms with Gasteiger partial charge in [-0.05, 0) is 115 Å². The Morgan fingerprint density at radius 1 is 0.289 bits per heavy atom. The predicted octanol–water partition coefficient (Wildman–Crippen LogP) is 15.2. The van der Waals surface area contributed by atoms with Gasteiger partial charge in [-0.25, -0.2) is 0 Å². The van der Waals surface area contributed by atoms with Gasteiger partial charge >= 0.3 is 0 Å². The number of fused-ring (bicyclic) bond motifs is 28. The van der Waals surface area contributed by atoms with Crippen molar-refractivity contribution < 1.29 is 95.2 Å². The van der Waals surface area contributed by atoms with Crippen molar-refractivity contribution in [1.29, 1.82) is 0 Å². The highest BCUT2D eigenvalue weighted by atomic mass is 79.9. The van der Waals surface area contributed by atoms with Crippen LogP contribution >= 0.6 is 15.9 Å². The van der Waals surface area contributed by atoms with Crippen LogP contribution in [0.1, 0.15) is 85.2 Å². The Morgan fingerprint density at radius 3 is 0.933 bits per heavy atom. The minimum Gasteiger partial charge on any atom is -0.493 e. The number of nitro groups is 1. The molecule has 0 spiro atoms. The molecule has 0 unspecified atom stereocenters. The second kappa shape index (κ2) is 32.8. The average Bonchev–Trinajstić information content (AvgIpc) is 1.70. The minimum absolute atomic E-state index is 0.0780. The van der Waals surface area contributed by atoms with Crippen LogP contribution in [-0.2, 0) is 34.7 Å². The molecule has 33 heteroatoms. The normalized spacial score (nSPS) is 13.1. The first-order valence-corrected chi connectivity index (χ1v) is 42.5. The number of methoxy groups -OCH3 is 8. The van der Waals surface area contributed by atoms with Gasteiger partial charge in [-0.15, -0.1) is 0 Å². The summed E-state index contributed by atoms with van der Waals surface area (Å²) in [7, 11) is 18.7. The Morgan fingerprint density at radius 2 is 0.556 bits per heavy atom. The van der Waals surface area contributed by atoms with Crippen molar-refractivity contribution in [2.75, 3.05) is 77.3 Å². The maximum atomic E-state index is 13.8. The summed E-state index contributed by atoms with van der Waals surface area (Å²) < 4.78 is 83.9. The van der Waals surface area contributed by atoms with Crippen LogP contribution in [0, 0.1) is 10.1 Å². The molecular formula is C102H73BrN6O26. The fraction of sp³-hybridized carbons (Fsp3) is 0.157. The highest BCUT2D eigenvalue weighted by Gasteiger charge is 2.42. The van der Waals surface area contributed by atoms with Crippen LogP contribution < -0.4 is 94.1 Å². The monoisotopic (exact) mass is 1880 g/mol. The lowest BCUT2D eigenvalue weighted by Crippen LogP contribution is -2.24. The van der Waals surface area contributed by atoms with E-state index in [0.717, 1.165) is 15.6 Å². The van der Waals surface area contributed by atoms with Gasteiger partial charge in [-0.3, -0.25) is 58.1 Å². The molecule has 11 aromatic carbocycles. The van der Waals surface area contributed by atoms with Gasteiger partial charge in [0.15, 0.2) is 109 Å². The number of benzene rings is 11. The molecule has 0 atom stereocenters. The Bertz CT molecular complexity index is 8460. The Labute approximate surface area is 770 Å². The summed E-state index contributed by atoms with van der Waals surface area (Å²) in [4.78, 5) is 142. The number of hydrogen-bond acceptors (Lipinski definition) is 26. The molecule has 5 aromatic heterocycles. The van der Waals surface area contributed by atoms with E-state index in [1.54, 1.807) is 161 Å². The summed E-state index contributed by atoms with van der Waals surface area (Å²) in [6, 6.07) is 49.9. The first kappa shape index (κ1) is 86.0. The number of aromatic nitrogens is 5. The Hall–Kier alpha value is -17.1. The second-order valence-electron chi connectivity index (χ2n) is 32.1. The molecule has 135 heavy (non-hydrogen) atoms. The van der Waals surface area contributed by atoms with Crippen LogP contribution in [0.2, 0.25) is 0 Å². The van der Waals surface area contributed by atoms with Gasteiger partial charge in [0.1, 0.15) is 0 Å². The van der Waals surface area contributed by atoms with E-state index in [1.807, 2.05) is 48.5 Å². The maximum absolute atomic E-state index is 13.8. The Balaban J connectivity index is 0.000000105. The van der Waals surface area contributed by atoms with Gasteiger partial charge in [-0.1, -0.05) is 70.5 Å². The molecular weight excluding hydrogens is 1810 g/mol. The second-order valence-corrected chi connectivity index (χ2v) is 33.0. The van der Waals surface area contributed by atoms with E-state index in [2.05, 4.69) is 15.9 Å². The van der Waals surface area contributed by atoms with Crippen LogP contribution in [0.3, 0.4) is 0 Å². The number of carbonyl (C=O) groups excluding carboxylic acids is 5. The smallest absolute Gasteiger partial charge is 0.270 e. The molecule has 32 nitrogen and oxygen atoms in total. The molecule has 0 N–H and O–H groups in total. The molecule has 3 aliphatic heterocycles. The number of hydrogen-bond donors (Lipinski definition) is 0. The van der Waals surface area contributed by atoms with Gasteiger partial charge in [0.05, 0.1) is 141 Å². The van der Waals surface area contributed by atoms with Crippen molar-refractivity contribution in [3.8, 4) is 137 Å². The van der Waals surface area contributed by atoms with Gasteiger partial charge in [0, 0.05) is 138 Å². The largest absolute Gasteiger partial charge is 0.493 e. The zero-order valence-corrected chi connectivity index (χ0v) is 75.3. The lowest BCUT2D eigenvalue weighted by Gasteiger charge is -2.16. The zero-order chi connectivity index (χ0) is 94.6. The summed E-state index contributed by atoms with van der Waals surface area (Å²) in [5.41, 5.74) is 10.5. The van der Waals surface area contributed by atoms with Gasteiger partial charge in [-0.2, -0.15) is 0 Å². The SMILES string of the molecule is COc1cc2c(cc1OC)-c1c(c3cc4c(cc3c(=O)n1C)OCO4)C2=O.COc1cc2c(cc1OC)-c1c(c3cc4c(cc3c(=O)n1Cc1ccccc1)OCO4)C2=O.COc1cc2c(cc1OC)-c1c(c3ccc(Br)cc3c(=O)n1C)C2=O.COc1cc2c(cc1OC)-c1c(c3ccc([N+](=O)[O-])cc3c(=O)n1C)C2=O.Cn1c2c(c3ccccc3c1=O)C(=O)c1cc3c(cc1-2)OCO3. The number of nitrogens with zero attached hydrogens (tertiary/aromatic N) is 6. The molecule has 0 radical (unpaired) electrons. The molecule has 0 saturated heterocycles. The molecule has 0 fully saturated rings. The van der Waals surface area contributed by atoms with Crippen LogP contribution in [0.25, 0.3) is 110 Å². The number of ether oxygens (including phenoxy) is 14. The molecule has 0 amide bonds. The minimum atomic E-state index is -0.571. The summed E-state index contributed by atoms with van der Waals surface area (Å²) in [6.45, 7) is 0.634. The molecule has 8 aliphatic rings. The molecule has 0 bridgehead atoms. The third-order valence-corrected chi connectivity index (χ3v) is 25.8. The van der Waals surface area contributed by atoms with E-state index in [0.29, 0.717) is 242 Å². The van der Waals surface area contributed by atoms with Crippen molar-refractivity contribution in [2.24, 2.45) is 28.2 Å². The van der Waals surface area contributed by atoms with Crippen molar-refractivity contribution in [2.45, 2.75) is 6.54 Å². The van der Waals surface area contributed by atoms with E-state index in [4.69, 9.17) is 66.3 Å². The summed E-state index contributed by atoms with van der Waals surface area (Å²) in [5.74, 6) is 6.15. The van der Waals surface area contributed by atoms with E-state index >= 15 is 0 Å². The van der Waals surface area contributed by atoms with Gasteiger partial charge in [0.25, 0.3) is 33.5 Å². The average molecular weight is 1880 g/mol. The highest BCUT2D eigenvalue weighted by Crippen LogP contribution is 2.53. The predicted molar refractivity (Wildman–Crippen MR) is 500 cm³/mol. The topological polar surface area (TPSA) is 368 Å². The third kappa shape index (κ3) is 13.2. The molecule has 0 saturated carbocycles. The summed E-state index contributed by atoms with van der Waals surface area (Å²) >= 11 is 3.39. The van der Waals surface area contributed by atoms with Crippen LogP contribution in [0.15, 0.2) is 204 Å². The first-order valence-electron chi connectivity index (χ1n) is 41.7. The van der Waals surface area contributed by atoms with Crippen molar-refractivity contribution in [1.82, 2.24) is 22.8 Å². The lowest BCUT2D eigenvalue weighted by atomic mass is 10.0. The number of pyridine rings is 5. The molecule has 674 valence electrons. The van der Waals surface area contributed by atoms with Crippen LogP contribution in [0.4, 0.5) is 5.69 Å². The van der Waals surface area contributed by atoms with E-state index in [1.165, 1.54) is 74.6 Å². The van der Waals surface area contributed by atoms with Crippen molar-refractivity contribution in [3.63, 3.8) is 0 Å². The maximum Gasteiger partial charge on any atom is 0.270 e. The number of rotatable bonds is 11. The first-order chi connectivity index (χ1) is 65.2. The quantitative estimate of drug-likeness (QED) is 0.0857. The van der Waals surface area contributed by atoms with E-state index in [-0.39, 0.29) is 82.6 Å². The fourth-order valence-corrected chi connectivity index (χ4v) is 19.3. The summed E-state index contributed by atoms with van der Waals surface area (Å²) in [6.07, 6.45) is 0. The van der Waals surface area contributed by atoms with Crippen molar-refractivity contribution in [3.05, 3.63) is 303 Å². The number of halogens is 1. The number of non-ortho nitro benzene ring substituents is 1. The van der Waals surface area contributed by atoms with Gasteiger partial charge < -0.3 is 89.2 Å². The van der Waals surface area contributed by atoms with Gasteiger partial charge in [0.2, 0.25) is 20.4 Å². The van der Waals surface area contributed by atoms with E-state index < -0.39 is 10.5 Å². The highest BCUT2D eigenvalue weighted by molar-refractivity contribution is 9.10. The summed E-state index contributed by atoms with van der Waals surface area (Å²) in [5, 5.41) is 15.9. The standard InChI is InChI=1S/C26H19NO6.C20H15NO6.C19H14BrNO4.C19H14N2O6.C18H11NO4/c1-30-19-9-16-17(10-20(19)31-2)25(28)23-15-8-21-22(33-13-32-21)11-18(15)26(29)27(24(16)23)12-14-6-4-3-5-7-14;1-21-18-10-5-13(24-2)14(25-3)6-11(10)19(22)17(18)9-4-15-16(27-8-26-15)7-12(9)20(21)23;1-21-17-11-7-14(24-2)15(25-3)8-12(11)18(22)16(17)10-5-4-9(20)6-13(10)19(21)23;1-20-17-11-7-14(26-2)15(27-3)8-12(11)18(22)16(17)10-5-4-9(21(24)25)6-13(10)19(20)23;1-19-16-11-6-13-14(23-8-22-13)7-12(11)17(20)15(16)9-4-2-3-5-10(9)18(19)21/h3-11H,12-13H2,1-2H3;4-7H,8H2,1-3H3;4-8H,1-3H3;4-8H,1-3H3;2-7H,8H2,1H3. The fourth-order valence-electron chi connectivity index (χ4n) is 19.0. The van der Waals surface area contributed by atoms with Crippen LogP contribution in [-0.4, -0.2) is 134 Å². The molecule has 8 heterocycles. The van der Waals surface area contributed by atoms with E-state index in [9.17, 15) is 58.1 Å². The molecule has 24 rings (SSSR count). The number of ketones is 5. The number of carbonyl (C=O) groups is 5. The van der Waals surface area contributed by atoms with Crippen molar-refractivity contribution >= 4 is 104 Å². The van der Waals surface area contributed by atoms with Crippen LogP contribution in [0.5, 0.6) is 80.5 Å². The lowest BCUT2D eigenvalue weighted by molar-refractivity contribution is -0.384. The number of nitro benzene ring substituents is 1. The molecule has 5 aliphatic carbocycles. The Kier molecular flexibility index (Phi) is 20.9.